The third-order valence-corrected chi connectivity index (χ3v) is 0.948. The zero-order chi connectivity index (χ0) is 6.78. The van der Waals surface area contributed by atoms with Gasteiger partial charge in [0.2, 0.25) is 0 Å². The van der Waals surface area contributed by atoms with Crippen molar-refractivity contribution in [2.24, 2.45) is 5.41 Å². The lowest BCUT2D eigenvalue weighted by Crippen LogP contribution is -2.26. The summed E-state index contributed by atoms with van der Waals surface area (Å²) in [5, 5.41) is 18.3. The third-order valence-electron chi connectivity index (χ3n) is 0.948. The summed E-state index contributed by atoms with van der Waals surface area (Å²) in [6.45, 7) is 2.43. The summed E-state index contributed by atoms with van der Waals surface area (Å²) in [6.07, 6.45) is 0. The van der Waals surface area contributed by atoms with E-state index in [9.17, 15) is 9.90 Å². The van der Waals surface area contributed by atoms with Crippen molar-refractivity contribution < 1.29 is 15.0 Å². The predicted octanol–water partition coefficient (Wildman–Crippen LogP) is -0.0380. The summed E-state index contributed by atoms with van der Waals surface area (Å²) in [4.78, 5) is 9.98. The Hall–Kier alpha value is -0.570. The quantitative estimate of drug-likeness (QED) is 0.551. The van der Waals surface area contributed by atoms with Gasteiger partial charge in [-0.3, -0.25) is 0 Å². The Morgan fingerprint density at radius 3 is 2.00 bits per heavy atom. The molecule has 47 valence electrons. The highest BCUT2D eigenvalue weighted by molar-refractivity contribution is 5.73. The lowest BCUT2D eigenvalue weighted by atomic mass is 9.96. The van der Waals surface area contributed by atoms with E-state index in [4.69, 9.17) is 5.11 Å². The summed E-state index contributed by atoms with van der Waals surface area (Å²) in [7, 11) is 0. The molecule has 0 spiro atoms. The molecule has 0 aliphatic carbocycles. The lowest BCUT2D eigenvalue weighted by molar-refractivity contribution is -0.155. The van der Waals surface area contributed by atoms with Crippen molar-refractivity contribution in [3.05, 3.63) is 0 Å². The minimum absolute atomic E-state index is 0.380. The van der Waals surface area contributed by atoms with Crippen molar-refractivity contribution in [3.8, 4) is 0 Å². The van der Waals surface area contributed by atoms with Crippen molar-refractivity contribution >= 4 is 5.97 Å². The van der Waals surface area contributed by atoms with Crippen LogP contribution in [-0.2, 0) is 9.90 Å². The van der Waals surface area contributed by atoms with Gasteiger partial charge in [0.05, 0.1) is 12.0 Å². The standard InChI is InChI=1S/C5H9O3/c1-5(2,3-6)4(7)8/h6H,3H2,1-2H3. The third kappa shape index (κ3) is 1.50. The SMILES string of the molecule is CC(C)(CO)C([O])=O. The van der Waals surface area contributed by atoms with Crippen LogP contribution in [0.4, 0.5) is 0 Å². The van der Waals surface area contributed by atoms with E-state index < -0.39 is 11.4 Å². The maximum atomic E-state index is 9.98. The van der Waals surface area contributed by atoms with Crippen molar-refractivity contribution in [2.75, 3.05) is 6.61 Å². The maximum absolute atomic E-state index is 9.98. The molecule has 1 radical (unpaired) electrons. The molecular weight excluding hydrogens is 108 g/mol. The highest BCUT2D eigenvalue weighted by Gasteiger charge is 2.27. The lowest BCUT2D eigenvalue weighted by Gasteiger charge is -2.11. The first-order valence-corrected chi connectivity index (χ1v) is 2.33. The van der Waals surface area contributed by atoms with Gasteiger partial charge in [-0.05, 0) is 13.8 Å². The molecule has 0 aliphatic heterocycles. The molecule has 0 aromatic rings. The molecule has 3 nitrogen and oxygen atoms in total. The van der Waals surface area contributed by atoms with Crippen LogP contribution in [0.5, 0.6) is 0 Å². The fraction of sp³-hybridized carbons (Fsp3) is 0.800. The van der Waals surface area contributed by atoms with E-state index in [1.54, 1.807) is 0 Å². The summed E-state index contributed by atoms with van der Waals surface area (Å²) < 4.78 is 0. The van der Waals surface area contributed by atoms with Crippen molar-refractivity contribution in [2.45, 2.75) is 13.8 Å². The van der Waals surface area contributed by atoms with E-state index in [1.165, 1.54) is 13.8 Å². The first-order chi connectivity index (χ1) is 3.50. The van der Waals surface area contributed by atoms with Crippen LogP contribution in [0.25, 0.3) is 0 Å². The van der Waals surface area contributed by atoms with Crippen LogP contribution in [0.3, 0.4) is 0 Å². The monoisotopic (exact) mass is 117 g/mol. The molecule has 0 saturated carbocycles. The van der Waals surface area contributed by atoms with Crippen LogP contribution in [0, 0.1) is 5.41 Å². The molecule has 8 heavy (non-hydrogen) atoms. The predicted molar refractivity (Wildman–Crippen MR) is 26.6 cm³/mol. The van der Waals surface area contributed by atoms with Gasteiger partial charge in [0, 0.05) is 0 Å². The van der Waals surface area contributed by atoms with Gasteiger partial charge in [0.25, 0.3) is 0 Å². The molecule has 1 N–H and O–H groups in total. The minimum atomic E-state index is -1.22. The topological polar surface area (TPSA) is 57.2 Å². The average molecular weight is 117 g/mol. The summed E-state index contributed by atoms with van der Waals surface area (Å²) in [6, 6.07) is 0. The Labute approximate surface area is 47.9 Å². The van der Waals surface area contributed by atoms with Crippen LogP contribution >= 0.6 is 0 Å². The molecular formula is C5H9O3. The number of aliphatic hydroxyl groups is 1. The first-order valence-electron chi connectivity index (χ1n) is 2.33. The normalized spacial score (nSPS) is 11.4. The molecule has 0 aromatic heterocycles. The van der Waals surface area contributed by atoms with Crippen LogP contribution in [0.15, 0.2) is 0 Å². The molecule has 0 heterocycles. The number of hydrogen-bond donors (Lipinski definition) is 1. The van der Waals surface area contributed by atoms with Gasteiger partial charge in [0.1, 0.15) is 0 Å². The van der Waals surface area contributed by atoms with Gasteiger partial charge in [-0.25, -0.2) is 9.90 Å². The molecule has 0 bridgehead atoms. The number of rotatable bonds is 2. The molecule has 0 atom stereocenters. The van der Waals surface area contributed by atoms with E-state index >= 15 is 0 Å². The van der Waals surface area contributed by atoms with E-state index in [-0.39, 0.29) is 6.61 Å². The van der Waals surface area contributed by atoms with Gasteiger partial charge in [0.15, 0.2) is 0 Å². The second-order valence-electron chi connectivity index (χ2n) is 2.33. The molecule has 0 aromatic carbocycles. The minimum Gasteiger partial charge on any atom is -0.395 e. The van der Waals surface area contributed by atoms with E-state index in [0.717, 1.165) is 0 Å². The molecule has 3 heteroatoms. The van der Waals surface area contributed by atoms with Crippen LogP contribution in [0.2, 0.25) is 0 Å². The summed E-state index contributed by atoms with van der Waals surface area (Å²) >= 11 is 0. The number of carbonyl (C=O) groups excluding carboxylic acids is 1. The number of carbonyl (C=O) groups is 1. The number of hydrogen-bond acceptors (Lipinski definition) is 2. The molecule has 0 fully saturated rings. The van der Waals surface area contributed by atoms with Crippen molar-refractivity contribution in [3.63, 3.8) is 0 Å². The highest BCUT2D eigenvalue weighted by atomic mass is 16.4. The Morgan fingerprint density at radius 1 is 1.62 bits per heavy atom. The summed E-state index contributed by atoms with van der Waals surface area (Å²) in [5.74, 6) is -1.22. The Bertz CT molecular complexity index is 95.8. The van der Waals surface area contributed by atoms with Crippen LogP contribution in [-0.4, -0.2) is 17.7 Å². The molecule has 0 amide bonds. The van der Waals surface area contributed by atoms with Gasteiger partial charge in [-0.2, -0.15) is 0 Å². The fourth-order valence-corrected chi connectivity index (χ4v) is 0.0645. The van der Waals surface area contributed by atoms with Gasteiger partial charge >= 0.3 is 5.97 Å². The van der Waals surface area contributed by atoms with Gasteiger partial charge < -0.3 is 5.11 Å². The Kier molecular flexibility index (Phi) is 1.98. The summed E-state index contributed by atoms with van der Waals surface area (Å²) in [5.41, 5.74) is -1.10. The van der Waals surface area contributed by atoms with E-state index in [2.05, 4.69) is 0 Å². The largest absolute Gasteiger partial charge is 0.395 e. The molecule has 0 aliphatic rings. The molecule has 0 rings (SSSR count). The van der Waals surface area contributed by atoms with Crippen LogP contribution in [0.1, 0.15) is 13.8 Å². The Morgan fingerprint density at radius 2 is 2.00 bits per heavy atom. The first kappa shape index (κ1) is 7.43. The smallest absolute Gasteiger partial charge is 0.363 e. The molecule has 0 unspecified atom stereocenters. The van der Waals surface area contributed by atoms with E-state index in [0.29, 0.717) is 0 Å². The maximum Gasteiger partial charge on any atom is 0.363 e. The average Bonchev–Trinajstić information content (AvgIpc) is 1.67. The zero-order valence-electron chi connectivity index (χ0n) is 4.97. The second-order valence-corrected chi connectivity index (χ2v) is 2.33. The van der Waals surface area contributed by atoms with Gasteiger partial charge in [-0.1, -0.05) is 0 Å². The highest BCUT2D eigenvalue weighted by Crippen LogP contribution is 2.12. The Balaban J connectivity index is 3.91. The van der Waals surface area contributed by atoms with Crippen molar-refractivity contribution in [1.82, 2.24) is 0 Å². The zero-order valence-corrected chi connectivity index (χ0v) is 4.97. The van der Waals surface area contributed by atoms with E-state index in [1.807, 2.05) is 0 Å². The van der Waals surface area contributed by atoms with Crippen LogP contribution < -0.4 is 0 Å². The second kappa shape index (κ2) is 2.13. The van der Waals surface area contributed by atoms with Gasteiger partial charge in [-0.15, -0.1) is 0 Å². The molecule has 0 saturated heterocycles. The fourth-order valence-electron chi connectivity index (χ4n) is 0.0645. The van der Waals surface area contributed by atoms with Crippen molar-refractivity contribution in [1.29, 1.82) is 0 Å². The number of aliphatic hydroxyl groups excluding tert-OH is 1.